The monoisotopic (exact) mass is 566 g/mol. The second-order valence-corrected chi connectivity index (χ2v) is 10.4. The Labute approximate surface area is 231 Å². The van der Waals surface area contributed by atoms with E-state index in [1.165, 1.54) is 13.8 Å². The van der Waals surface area contributed by atoms with Gasteiger partial charge in [0.15, 0.2) is 16.7 Å². The summed E-state index contributed by atoms with van der Waals surface area (Å²) in [5, 5.41) is 28.0. The Hall–Kier alpha value is -3.81. The van der Waals surface area contributed by atoms with E-state index in [-0.39, 0.29) is 54.3 Å². The lowest BCUT2D eigenvalue weighted by molar-refractivity contribution is -0.389. The highest BCUT2D eigenvalue weighted by atomic mass is 32.1. The van der Waals surface area contributed by atoms with Gasteiger partial charge in [0.05, 0.1) is 15.9 Å². The third-order valence-corrected chi connectivity index (χ3v) is 5.65. The summed E-state index contributed by atoms with van der Waals surface area (Å²) < 4.78 is 5.45. The molecule has 0 aliphatic carbocycles. The Balaban J connectivity index is 2.90. The van der Waals surface area contributed by atoms with Crippen molar-refractivity contribution < 1.29 is 33.8 Å². The van der Waals surface area contributed by atoms with E-state index in [4.69, 9.17) is 17.0 Å². The van der Waals surface area contributed by atoms with Crippen LogP contribution in [0.4, 0.5) is 11.4 Å². The minimum atomic E-state index is -0.938. The maximum Gasteiger partial charge on any atom is 0.329 e. The van der Waals surface area contributed by atoms with Gasteiger partial charge in [-0.1, -0.05) is 6.42 Å². The summed E-state index contributed by atoms with van der Waals surface area (Å²) in [6, 6.07) is 1.10. The summed E-state index contributed by atoms with van der Waals surface area (Å²) in [6.07, 6.45) is 0.938. The van der Waals surface area contributed by atoms with Gasteiger partial charge in [-0.3, -0.25) is 29.8 Å². The molecule has 2 atom stereocenters. The number of rotatable bonds is 15. The molecule has 214 valence electrons. The number of Topliss-reactive ketones (excluding diaryl/α,β-unsaturated/α-hetero) is 3. The molecule has 1 aromatic rings. The van der Waals surface area contributed by atoms with Crippen LogP contribution in [-0.4, -0.2) is 56.0 Å². The number of non-ortho nitro benzene ring substituents is 1. The zero-order valence-electron chi connectivity index (χ0n) is 22.6. The predicted molar refractivity (Wildman–Crippen MR) is 145 cm³/mol. The molecule has 0 saturated carbocycles. The van der Waals surface area contributed by atoms with Gasteiger partial charge in [-0.25, -0.2) is 4.79 Å². The molecule has 0 radical (unpaired) electrons. The van der Waals surface area contributed by atoms with Crippen molar-refractivity contribution in [3.05, 3.63) is 44.0 Å². The van der Waals surface area contributed by atoms with Crippen LogP contribution in [0, 0.1) is 20.2 Å². The summed E-state index contributed by atoms with van der Waals surface area (Å²) in [6.45, 7) is 7.84. The third-order valence-electron chi connectivity index (χ3n) is 5.41. The number of ether oxygens (including phenoxy) is 1. The number of nitrogens with zero attached hydrogens (tertiary/aromatic N) is 2. The van der Waals surface area contributed by atoms with Crippen LogP contribution in [-0.2, 0) is 19.1 Å². The molecule has 2 N–H and O–H groups in total. The third kappa shape index (κ3) is 12.1. The second kappa shape index (κ2) is 15.0. The van der Waals surface area contributed by atoms with Crippen molar-refractivity contribution in [1.29, 1.82) is 0 Å². The zero-order chi connectivity index (χ0) is 29.9. The first-order valence-electron chi connectivity index (χ1n) is 12.3. The molecule has 0 aliphatic rings. The van der Waals surface area contributed by atoms with Crippen LogP contribution in [0.1, 0.15) is 83.5 Å². The van der Waals surface area contributed by atoms with Crippen molar-refractivity contribution in [2.45, 2.75) is 90.8 Å². The predicted octanol–water partition coefficient (Wildman–Crippen LogP) is 3.75. The Morgan fingerprint density at radius 3 is 2.08 bits per heavy atom. The molecule has 1 aromatic carbocycles. The second-order valence-electron chi connectivity index (χ2n) is 9.99. The molecule has 0 spiro atoms. The van der Waals surface area contributed by atoms with Crippen molar-refractivity contribution in [2.75, 3.05) is 0 Å². The van der Waals surface area contributed by atoms with E-state index in [1.807, 2.05) is 0 Å². The van der Waals surface area contributed by atoms with Gasteiger partial charge in [-0.2, -0.15) is 0 Å². The molecule has 0 aliphatic heterocycles. The lowest BCUT2D eigenvalue weighted by atomic mass is 10.0. The van der Waals surface area contributed by atoms with E-state index in [0.29, 0.717) is 6.42 Å². The molecule has 1 rings (SSSR count). The number of nitrogens with one attached hydrogen (secondary N) is 2. The fourth-order valence-corrected chi connectivity index (χ4v) is 3.78. The molecular weight excluding hydrogens is 532 g/mol. The highest BCUT2D eigenvalue weighted by molar-refractivity contribution is 7.80. The van der Waals surface area contributed by atoms with Crippen LogP contribution in [0.5, 0.6) is 0 Å². The average molecular weight is 567 g/mol. The minimum absolute atomic E-state index is 0.0120. The summed E-state index contributed by atoms with van der Waals surface area (Å²) in [5.41, 5.74) is -2.12. The van der Waals surface area contributed by atoms with Crippen molar-refractivity contribution in [3.8, 4) is 0 Å². The first-order chi connectivity index (χ1) is 18.0. The topological polar surface area (TPSA) is 188 Å². The van der Waals surface area contributed by atoms with E-state index >= 15 is 0 Å². The first-order valence-corrected chi connectivity index (χ1v) is 12.7. The quantitative estimate of drug-likeness (QED) is 0.0782. The van der Waals surface area contributed by atoms with Crippen molar-refractivity contribution in [3.63, 3.8) is 0 Å². The van der Waals surface area contributed by atoms with Crippen LogP contribution < -0.4 is 10.6 Å². The highest BCUT2D eigenvalue weighted by Crippen LogP contribution is 2.26. The molecule has 0 saturated heterocycles. The number of hydrogen-bond donors (Lipinski definition) is 2. The van der Waals surface area contributed by atoms with Gasteiger partial charge in [0, 0.05) is 31.0 Å². The van der Waals surface area contributed by atoms with E-state index in [9.17, 15) is 39.4 Å². The number of ketones is 3. The largest absolute Gasteiger partial charge is 0.458 e. The number of hydrogen-bond acceptors (Lipinski definition) is 10. The van der Waals surface area contributed by atoms with Crippen LogP contribution in [0.3, 0.4) is 0 Å². The van der Waals surface area contributed by atoms with Gasteiger partial charge in [0.1, 0.15) is 23.0 Å². The van der Waals surface area contributed by atoms with E-state index in [0.717, 1.165) is 18.2 Å². The average Bonchev–Trinajstić information content (AvgIpc) is 2.81. The summed E-state index contributed by atoms with van der Waals surface area (Å²) in [5.74, 6) is -1.57. The molecule has 0 bridgehead atoms. The number of nitro benzene ring substituents is 2. The van der Waals surface area contributed by atoms with Crippen molar-refractivity contribution in [2.24, 2.45) is 0 Å². The van der Waals surface area contributed by atoms with E-state index in [2.05, 4.69) is 10.6 Å². The minimum Gasteiger partial charge on any atom is -0.458 e. The molecule has 0 fully saturated rings. The number of thiocarbonyl (C=S) groups is 1. The normalized spacial score (nSPS) is 12.5. The SMILES string of the molecule is CC(=O)CC[C@H](NC(=S)N[C@@H](CCCCC(=O)c1cc([N+](=O)[O-])ccc1[N+](=O)[O-])C(=O)OC(C)(C)C)C(C)=O. The Morgan fingerprint density at radius 2 is 1.56 bits per heavy atom. The van der Waals surface area contributed by atoms with Gasteiger partial charge in [-0.15, -0.1) is 0 Å². The van der Waals surface area contributed by atoms with Crippen molar-refractivity contribution in [1.82, 2.24) is 10.6 Å². The van der Waals surface area contributed by atoms with Crippen molar-refractivity contribution >= 4 is 52.0 Å². The lowest BCUT2D eigenvalue weighted by Gasteiger charge is -2.26. The summed E-state index contributed by atoms with van der Waals surface area (Å²) >= 11 is 5.28. The molecular formula is C25H34N4O9S. The first kappa shape index (κ1) is 33.2. The number of carbonyl (C=O) groups is 4. The number of esters is 1. The molecule has 0 unspecified atom stereocenters. The summed E-state index contributed by atoms with van der Waals surface area (Å²) in [7, 11) is 0. The van der Waals surface area contributed by atoms with E-state index < -0.39 is 50.7 Å². The van der Waals surface area contributed by atoms with Gasteiger partial charge < -0.3 is 20.2 Å². The van der Waals surface area contributed by atoms with Crippen LogP contribution in [0.15, 0.2) is 18.2 Å². The molecule has 0 aromatic heterocycles. The Kier molecular flexibility index (Phi) is 12.7. The maximum atomic E-state index is 12.8. The van der Waals surface area contributed by atoms with Gasteiger partial charge in [0.25, 0.3) is 11.4 Å². The fraction of sp³-hybridized carbons (Fsp3) is 0.560. The molecule has 39 heavy (non-hydrogen) atoms. The van der Waals surface area contributed by atoms with Crippen LogP contribution in [0.2, 0.25) is 0 Å². The smallest absolute Gasteiger partial charge is 0.329 e. The van der Waals surface area contributed by atoms with E-state index in [1.54, 1.807) is 20.8 Å². The van der Waals surface area contributed by atoms with Gasteiger partial charge in [0.2, 0.25) is 0 Å². The number of unbranched alkanes of at least 4 members (excludes halogenated alkanes) is 1. The number of carbonyl (C=O) groups excluding carboxylic acids is 4. The molecule has 0 heterocycles. The molecule has 13 nitrogen and oxygen atoms in total. The van der Waals surface area contributed by atoms with Crippen LogP contribution in [0.25, 0.3) is 0 Å². The maximum absolute atomic E-state index is 12.8. The highest BCUT2D eigenvalue weighted by Gasteiger charge is 2.28. The zero-order valence-corrected chi connectivity index (χ0v) is 23.4. The standard InChI is InChI=1S/C25H34N4O9S/c1-15(30)10-12-19(16(2)31)26-24(39)27-20(23(33)38-25(3,4)5)8-6-7-9-22(32)18-14-17(28(34)35)11-13-21(18)29(36)37/h11,13-14,19-20H,6-10,12H2,1-5H3,(H2,26,27,39)/t19-,20-/m0/s1. The Bertz CT molecular complexity index is 1130. The summed E-state index contributed by atoms with van der Waals surface area (Å²) in [4.78, 5) is 69.5. The molecule has 14 heteroatoms. The van der Waals surface area contributed by atoms with Gasteiger partial charge in [-0.05, 0) is 66.1 Å². The Morgan fingerprint density at radius 1 is 0.949 bits per heavy atom. The number of nitro groups is 2. The van der Waals surface area contributed by atoms with Gasteiger partial charge >= 0.3 is 5.97 Å². The molecule has 0 amide bonds. The fourth-order valence-electron chi connectivity index (χ4n) is 3.49. The number of benzene rings is 1. The van der Waals surface area contributed by atoms with Crippen LogP contribution >= 0.6 is 12.2 Å². The lowest BCUT2D eigenvalue weighted by Crippen LogP contribution is -2.51.